The molecule has 0 saturated carbocycles. The minimum atomic E-state index is 0.501. The highest BCUT2D eigenvalue weighted by atomic mass is 32.1. The second kappa shape index (κ2) is 6.81. The number of ether oxygens (including phenoxy) is 2. The maximum atomic E-state index is 5.62. The van der Waals surface area contributed by atoms with E-state index in [1.54, 1.807) is 7.11 Å². The first-order valence-corrected chi connectivity index (χ1v) is 7.09. The molecular formula is C13H20N4O2S. The lowest BCUT2D eigenvalue weighted by Crippen LogP contribution is -2.08. The first kappa shape index (κ1) is 14.9. The molecule has 0 radical (unpaired) electrons. The first-order chi connectivity index (χ1) is 9.63. The monoisotopic (exact) mass is 296 g/mol. The van der Waals surface area contributed by atoms with Crippen molar-refractivity contribution in [3.63, 3.8) is 0 Å². The lowest BCUT2D eigenvalue weighted by Gasteiger charge is -2.07. The Bertz CT molecular complexity index is 620. The van der Waals surface area contributed by atoms with Crippen LogP contribution in [0.15, 0.2) is 6.33 Å². The number of hydrogen-bond donors (Lipinski definition) is 1. The summed E-state index contributed by atoms with van der Waals surface area (Å²) >= 11 is 5.31. The Hall–Kier alpha value is -1.47. The van der Waals surface area contributed by atoms with Gasteiger partial charge in [-0.15, -0.1) is 0 Å². The smallest absolute Gasteiger partial charge is 0.242 e. The van der Waals surface area contributed by atoms with Crippen LogP contribution in [0.1, 0.15) is 20.3 Å². The van der Waals surface area contributed by atoms with E-state index in [4.69, 9.17) is 21.7 Å². The molecule has 0 saturated heterocycles. The van der Waals surface area contributed by atoms with Gasteiger partial charge in [0.25, 0.3) is 0 Å². The summed E-state index contributed by atoms with van der Waals surface area (Å²) in [5.41, 5.74) is 1.47. The van der Waals surface area contributed by atoms with Gasteiger partial charge in [-0.3, -0.25) is 4.57 Å². The fraction of sp³-hybridized carbons (Fsp3) is 0.615. The first-order valence-electron chi connectivity index (χ1n) is 6.68. The van der Waals surface area contributed by atoms with Crippen LogP contribution in [0.2, 0.25) is 0 Å². The van der Waals surface area contributed by atoms with Gasteiger partial charge in [0.05, 0.1) is 20.3 Å². The Kier molecular flexibility index (Phi) is 5.08. The Morgan fingerprint density at radius 1 is 1.35 bits per heavy atom. The van der Waals surface area contributed by atoms with Crippen LogP contribution in [0, 0.1) is 10.7 Å². The molecule has 0 aliphatic carbocycles. The fourth-order valence-corrected chi connectivity index (χ4v) is 2.16. The maximum Gasteiger partial charge on any atom is 0.242 e. The number of fused-ring (bicyclic) bond motifs is 1. The van der Waals surface area contributed by atoms with Crippen LogP contribution >= 0.6 is 12.2 Å². The summed E-state index contributed by atoms with van der Waals surface area (Å²) in [4.78, 5) is 11.4. The number of imidazole rings is 1. The minimum Gasteiger partial charge on any atom is -0.479 e. The normalized spacial score (nSPS) is 11.4. The molecule has 6 nitrogen and oxygen atoms in total. The third kappa shape index (κ3) is 3.34. The van der Waals surface area contributed by atoms with Gasteiger partial charge in [0.15, 0.2) is 10.4 Å². The third-order valence-corrected chi connectivity index (χ3v) is 3.34. The van der Waals surface area contributed by atoms with E-state index in [0.717, 1.165) is 24.2 Å². The summed E-state index contributed by atoms with van der Waals surface area (Å²) in [6.45, 7) is 6.41. The molecule has 0 spiro atoms. The molecule has 20 heavy (non-hydrogen) atoms. The van der Waals surface area contributed by atoms with Crippen LogP contribution in [0.25, 0.3) is 11.2 Å². The molecule has 0 aromatic carbocycles. The molecule has 0 aliphatic rings. The van der Waals surface area contributed by atoms with E-state index in [1.165, 1.54) is 6.33 Å². The number of rotatable bonds is 7. The second-order valence-electron chi connectivity index (χ2n) is 4.96. The van der Waals surface area contributed by atoms with Crippen molar-refractivity contribution in [2.75, 3.05) is 20.3 Å². The largest absolute Gasteiger partial charge is 0.479 e. The van der Waals surface area contributed by atoms with Gasteiger partial charge in [0.1, 0.15) is 11.8 Å². The van der Waals surface area contributed by atoms with Crippen LogP contribution in [0.4, 0.5) is 0 Å². The summed E-state index contributed by atoms with van der Waals surface area (Å²) < 4.78 is 13.3. The van der Waals surface area contributed by atoms with Gasteiger partial charge >= 0.3 is 0 Å². The Morgan fingerprint density at radius 3 is 2.85 bits per heavy atom. The highest BCUT2D eigenvalue weighted by Gasteiger charge is 2.11. The maximum absolute atomic E-state index is 5.62. The molecule has 2 heterocycles. The molecule has 0 unspecified atom stereocenters. The molecule has 2 rings (SSSR count). The quantitative estimate of drug-likeness (QED) is 0.628. The zero-order valence-electron chi connectivity index (χ0n) is 12.0. The molecule has 0 aliphatic heterocycles. The molecule has 7 heteroatoms. The second-order valence-corrected chi connectivity index (χ2v) is 5.34. The van der Waals surface area contributed by atoms with Gasteiger partial charge in [-0.25, -0.2) is 4.98 Å². The van der Waals surface area contributed by atoms with Gasteiger partial charge in [0.2, 0.25) is 5.88 Å². The number of nitrogens with zero attached hydrogens (tertiary/aromatic N) is 3. The highest BCUT2D eigenvalue weighted by molar-refractivity contribution is 7.71. The predicted molar refractivity (Wildman–Crippen MR) is 79.5 cm³/mol. The average molecular weight is 296 g/mol. The summed E-state index contributed by atoms with van der Waals surface area (Å²) in [7, 11) is 1.57. The molecule has 1 N–H and O–H groups in total. The van der Waals surface area contributed by atoms with Crippen molar-refractivity contribution in [3.05, 3.63) is 11.1 Å². The summed E-state index contributed by atoms with van der Waals surface area (Å²) in [6, 6.07) is 0. The van der Waals surface area contributed by atoms with Gasteiger partial charge in [-0.1, -0.05) is 13.8 Å². The van der Waals surface area contributed by atoms with Crippen molar-refractivity contribution >= 4 is 23.4 Å². The van der Waals surface area contributed by atoms with E-state index in [2.05, 4.69) is 28.8 Å². The van der Waals surface area contributed by atoms with Crippen LogP contribution in [-0.2, 0) is 11.3 Å². The van der Waals surface area contributed by atoms with E-state index in [9.17, 15) is 0 Å². The number of methoxy groups -OCH3 is 1. The van der Waals surface area contributed by atoms with Crippen LogP contribution in [0.3, 0.4) is 0 Å². The number of aromatic amines is 1. The number of hydrogen-bond acceptors (Lipinski definition) is 5. The fourth-order valence-electron chi connectivity index (χ4n) is 1.88. The molecule has 2 aromatic heterocycles. The standard InChI is InChI=1S/C13H20N4O2S/c1-9(2)4-6-19-7-5-17-11-10(16-13(17)20)12(18-3)15-8-14-11/h8-9H,4-7H2,1-3H3,(H,16,20). The van der Waals surface area contributed by atoms with E-state index in [0.29, 0.717) is 29.7 Å². The highest BCUT2D eigenvalue weighted by Crippen LogP contribution is 2.19. The van der Waals surface area contributed by atoms with Gasteiger partial charge < -0.3 is 14.5 Å². The van der Waals surface area contributed by atoms with Crippen LogP contribution in [0.5, 0.6) is 5.88 Å². The van der Waals surface area contributed by atoms with E-state index >= 15 is 0 Å². The summed E-state index contributed by atoms with van der Waals surface area (Å²) in [6.07, 6.45) is 2.54. The number of H-pyrrole nitrogens is 1. The molecule has 0 bridgehead atoms. The SMILES string of the molecule is COc1ncnc2c1[nH]c(=S)n2CCOCCC(C)C. The van der Waals surface area contributed by atoms with Crippen molar-refractivity contribution in [2.24, 2.45) is 5.92 Å². The molecular weight excluding hydrogens is 276 g/mol. The Labute approximate surface area is 123 Å². The molecule has 0 atom stereocenters. The van der Waals surface area contributed by atoms with E-state index < -0.39 is 0 Å². The molecule has 110 valence electrons. The molecule has 0 amide bonds. The third-order valence-electron chi connectivity index (χ3n) is 3.02. The Balaban J connectivity index is 2.07. The predicted octanol–water partition coefficient (Wildman–Crippen LogP) is 2.56. The van der Waals surface area contributed by atoms with Gasteiger partial charge in [-0.05, 0) is 24.6 Å². The van der Waals surface area contributed by atoms with E-state index in [-0.39, 0.29) is 0 Å². The molecule has 0 fully saturated rings. The number of aromatic nitrogens is 4. The summed E-state index contributed by atoms with van der Waals surface area (Å²) in [5, 5.41) is 0. The Morgan fingerprint density at radius 2 is 2.15 bits per heavy atom. The topological polar surface area (TPSA) is 65.0 Å². The molecule has 2 aromatic rings. The van der Waals surface area contributed by atoms with Crippen molar-refractivity contribution in [2.45, 2.75) is 26.8 Å². The zero-order chi connectivity index (χ0) is 14.5. The number of nitrogens with one attached hydrogen (secondary N) is 1. The lowest BCUT2D eigenvalue weighted by molar-refractivity contribution is 0.116. The average Bonchev–Trinajstić information content (AvgIpc) is 2.74. The van der Waals surface area contributed by atoms with Crippen molar-refractivity contribution in [3.8, 4) is 5.88 Å². The van der Waals surface area contributed by atoms with E-state index in [1.807, 2.05) is 4.57 Å². The van der Waals surface area contributed by atoms with Crippen LogP contribution < -0.4 is 4.74 Å². The van der Waals surface area contributed by atoms with Crippen LogP contribution in [-0.4, -0.2) is 39.8 Å². The van der Waals surface area contributed by atoms with Crippen molar-refractivity contribution in [1.29, 1.82) is 0 Å². The van der Waals surface area contributed by atoms with Crippen molar-refractivity contribution in [1.82, 2.24) is 19.5 Å². The zero-order valence-corrected chi connectivity index (χ0v) is 12.9. The minimum absolute atomic E-state index is 0.501. The van der Waals surface area contributed by atoms with Gasteiger partial charge in [-0.2, -0.15) is 4.98 Å². The lowest BCUT2D eigenvalue weighted by atomic mass is 10.1. The summed E-state index contributed by atoms with van der Waals surface area (Å²) in [5.74, 6) is 1.16. The van der Waals surface area contributed by atoms with Gasteiger partial charge in [0, 0.05) is 6.61 Å². The van der Waals surface area contributed by atoms with Crippen molar-refractivity contribution < 1.29 is 9.47 Å².